The summed E-state index contributed by atoms with van der Waals surface area (Å²) in [6, 6.07) is -6.56. The molecule has 10 N–H and O–H groups in total. The van der Waals surface area contributed by atoms with E-state index in [4.69, 9.17) is 0 Å². The van der Waals surface area contributed by atoms with Gasteiger partial charge >= 0.3 is 0 Å². The van der Waals surface area contributed by atoms with Crippen molar-refractivity contribution in [2.75, 3.05) is 33.7 Å². The predicted molar refractivity (Wildman–Crippen MR) is 306 cm³/mol. The minimum absolute atomic E-state index is 0.0206. The first-order valence-electron chi connectivity index (χ1n) is 28.5. The van der Waals surface area contributed by atoms with Gasteiger partial charge in [0.25, 0.3) is 0 Å². The Bertz CT molecular complexity index is 2160. The van der Waals surface area contributed by atoms with Gasteiger partial charge in [0.2, 0.25) is 59.1 Å². The van der Waals surface area contributed by atoms with Crippen molar-refractivity contribution >= 4 is 59.1 Å². The molecule has 1 saturated heterocycles. The second kappa shape index (κ2) is 32.1. The maximum Gasteiger partial charge on any atom is 0.247 e. The molecule has 10 amide bonds. The zero-order valence-electron chi connectivity index (χ0n) is 51.8. The molecule has 0 aromatic heterocycles. The molecule has 80 heavy (non-hydrogen) atoms. The largest absolute Gasteiger partial charge is 0.390 e. The van der Waals surface area contributed by atoms with E-state index in [0.717, 1.165) is 6.42 Å². The molecule has 1 fully saturated rings. The monoisotopic (exact) mass is 1130 g/mol. The summed E-state index contributed by atoms with van der Waals surface area (Å²) in [6.45, 7) is 31.0. The Balaban J connectivity index is 3.28. The minimum atomic E-state index is -1.77. The summed E-state index contributed by atoms with van der Waals surface area (Å²) in [6.07, 6.45) is 3.20. The van der Waals surface area contributed by atoms with E-state index in [1.54, 1.807) is 40.9 Å². The smallest absolute Gasteiger partial charge is 0.247 e. The zero-order valence-corrected chi connectivity index (χ0v) is 51.8. The van der Waals surface area contributed by atoms with Gasteiger partial charge in [0.15, 0.2) is 0 Å². The Hall–Kier alpha value is -5.68. The molecule has 23 nitrogen and oxygen atoms in total. The van der Waals surface area contributed by atoms with E-state index in [2.05, 4.69) is 42.5 Å². The van der Waals surface area contributed by atoms with E-state index in [1.807, 2.05) is 67.2 Å². The van der Waals surface area contributed by atoms with Crippen molar-refractivity contribution in [1.82, 2.24) is 57.4 Å². The molecule has 1 aliphatic heterocycles. The SMILES string of the molecule is CCC(C)C=CC(=O)N1CC(C)CC1C(=O)NC(CC(C)C)C(=O)NC(C(=O)NC(C)(C)C(=O)NC(CC(C)C)C(=O)NC(CC(C)C)C(=O)NC(C)(C)C(=O)NC(C)(C)C(=O)NCCC(=O)N(O)C(C)CN(C)C)C(O)C(C)C. The molecule has 0 aliphatic carbocycles. The Kier molecular flexibility index (Phi) is 29.0. The second-order valence-corrected chi connectivity index (χ2v) is 25.5. The Morgan fingerprint density at radius 3 is 1.61 bits per heavy atom. The number of likely N-dealkylation sites (N-methyl/N-ethyl adjacent to an activating group) is 1. The second-order valence-electron chi connectivity index (χ2n) is 25.5. The number of carbonyl (C=O) groups excluding carboxylic acids is 10. The fourth-order valence-electron chi connectivity index (χ4n) is 8.81. The van der Waals surface area contributed by atoms with Crippen LogP contribution in [0.2, 0.25) is 0 Å². The van der Waals surface area contributed by atoms with Gasteiger partial charge < -0.3 is 57.4 Å². The average molecular weight is 1130 g/mol. The zero-order chi connectivity index (χ0) is 61.9. The van der Waals surface area contributed by atoms with Crippen LogP contribution in [0.1, 0.15) is 163 Å². The maximum atomic E-state index is 14.2. The van der Waals surface area contributed by atoms with Gasteiger partial charge in [-0.1, -0.05) is 88.7 Å². The van der Waals surface area contributed by atoms with Crippen LogP contribution in [0.3, 0.4) is 0 Å². The third kappa shape index (κ3) is 23.8. The Morgan fingerprint density at radius 1 is 0.637 bits per heavy atom. The van der Waals surface area contributed by atoms with Crippen molar-refractivity contribution in [3.8, 4) is 0 Å². The van der Waals surface area contributed by atoms with E-state index < -0.39 is 118 Å². The van der Waals surface area contributed by atoms with Crippen LogP contribution in [-0.4, -0.2) is 177 Å². The number of hydroxylamine groups is 2. The van der Waals surface area contributed by atoms with Crippen molar-refractivity contribution in [2.24, 2.45) is 35.5 Å². The molecule has 1 aliphatic rings. The number of nitrogens with zero attached hydrogens (tertiary/aromatic N) is 3. The molecule has 1 rings (SSSR count). The van der Waals surface area contributed by atoms with E-state index >= 15 is 0 Å². The summed E-state index contributed by atoms with van der Waals surface area (Å²) < 4.78 is 0. The number of amides is 10. The highest BCUT2D eigenvalue weighted by Crippen LogP contribution is 2.25. The first kappa shape index (κ1) is 72.3. The topological polar surface area (TPSA) is 317 Å². The van der Waals surface area contributed by atoms with Gasteiger partial charge in [-0.05, 0) is 130 Å². The maximum absolute atomic E-state index is 14.2. The number of hydrogen-bond acceptors (Lipinski definition) is 13. The van der Waals surface area contributed by atoms with Crippen LogP contribution in [0.15, 0.2) is 12.2 Å². The lowest BCUT2D eigenvalue weighted by atomic mass is 9.95. The fraction of sp³-hybridized carbons (Fsp3) is 0.789. The summed E-state index contributed by atoms with van der Waals surface area (Å²) in [7, 11) is 3.60. The molecule has 9 unspecified atom stereocenters. The highest BCUT2D eigenvalue weighted by atomic mass is 16.5. The lowest BCUT2D eigenvalue weighted by Gasteiger charge is -2.34. The minimum Gasteiger partial charge on any atom is -0.390 e. The highest BCUT2D eigenvalue weighted by Gasteiger charge is 2.43. The number of hydrogen-bond donors (Lipinski definition) is 10. The van der Waals surface area contributed by atoms with Gasteiger partial charge in [-0.2, -0.15) is 0 Å². The van der Waals surface area contributed by atoms with Crippen LogP contribution in [0, 0.1) is 35.5 Å². The third-order valence-corrected chi connectivity index (χ3v) is 13.8. The van der Waals surface area contributed by atoms with Gasteiger partial charge in [0.05, 0.1) is 12.1 Å². The summed E-state index contributed by atoms with van der Waals surface area (Å²) in [4.78, 5) is 141. The lowest BCUT2D eigenvalue weighted by molar-refractivity contribution is -0.175. The van der Waals surface area contributed by atoms with Crippen LogP contribution in [0.4, 0.5) is 0 Å². The normalized spacial score (nSPS) is 17.8. The number of carbonyl (C=O) groups is 10. The van der Waals surface area contributed by atoms with Crippen molar-refractivity contribution in [3.05, 3.63) is 12.2 Å². The van der Waals surface area contributed by atoms with E-state index in [1.165, 1.54) is 52.5 Å². The summed E-state index contributed by atoms with van der Waals surface area (Å²) in [5.74, 6) is -7.58. The molecule has 0 aromatic carbocycles. The van der Waals surface area contributed by atoms with Gasteiger partial charge in [0, 0.05) is 26.1 Å². The van der Waals surface area contributed by atoms with Crippen LogP contribution in [0.5, 0.6) is 0 Å². The van der Waals surface area contributed by atoms with Crippen LogP contribution < -0.4 is 42.5 Å². The molecule has 1 heterocycles. The molecule has 9 atom stereocenters. The van der Waals surface area contributed by atoms with Crippen molar-refractivity contribution in [3.63, 3.8) is 0 Å². The fourth-order valence-corrected chi connectivity index (χ4v) is 8.81. The van der Waals surface area contributed by atoms with Gasteiger partial charge in [-0.15, -0.1) is 0 Å². The molecule has 458 valence electrons. The van der Waals surface area contributed by atoms with E-state index in [0.29, 0.717) is 24.6 Å². The Morgan fingerprint density at radius 2 is 1.11 bits per heavy atom. The van der Waals surface area contributed by atoms with Gasteiger partial charge in [-0.25, -0.2) is 5.06 Å². The molecule has 0 radical (unpaired) electrons. The summed E-state index contributed by atoms with van der Waals surface area (Å²) in [5, 5.41) is 43.7. The average Bonchev–Trinajstić information content (AvgIpc) is 3.73. The van der Waals surface area contributed by atoms with E-state index in [9.17, 15) is 58.3 Å². The lowest BCUT2D eigenvalue weighted by Crippen LogP contribution is -2.66. The summed E-state index contributed by atoms with van der Waals surface area (Å²) >= 11 is 0. The quantitative estimate of drug-likeness (QED) is 0.0263. The van der Waals surface area contributed by atoms with Gasteiger partial charge in [-0.3, -0.25) is 53.2 Å². The molecule has 0 aromatic rings. The third-order valence-electron chi connectivity index (χ3n) is 13.8. The van der Waals surface area contributed by atoms with Crippen LogP contribution in [-0.2, 0) is 47.9 Å². The molecule has 23 heteroatoms. The molecule has 0 bridgehead atoms. The van der Waals surface area contributed by atoms with Crippen molar-refractivity contribution in [1.29, 1.82) is 0 Å². The molecular weight excluding hydrogens is 1030 g/mol. The van der Waals surface area contributed by atoms with Crippen molar-refractivity contribution in [2.45, 2.75) is 222 Å². The molecule has 0 spiro atoms. The number of aliphatic hydroxyl groups is 1. The molecule has 0 saturated carbocycles. The Labute approximate surface area is 476 Å². The van der Waals surface area contributed by atoms with E-state index in [-0.39, 0.29) is 67.7 Å². The first-order valence-corrected chi connectivity index (χ1v) is 28.5. The standard InChI is InChI=1S/C57H103N11O12/c1-21-36(10)22-23-43(69)67-30-37(11)29-42(67)50(75)60-39(26-32(2)3)48(73)62-45(46(71)35(8)9)51(76)64-56(15,16)53(78)61-40(27-33(4)5)47(72)59-41(28-34(6)7)49(74)63-57(17,18)54(79)65-55(13,14)52(77)58-25-24-44(70)68(80)38(12)31-66(19)20/h22-23,32-42,45-46,71,80H,21,24-31H2,1-20H3,(H,58,77)(H,59,72)(H,60,75)(H,61,78)(H,62,73)(H,63,74)(H,64,76)(H,65,79). The van der Waals surface area contributed by atoms with Crippen LogP contribution >= 0.6 is 0 Å². The van der Waals surface area contributed by atoms with Crippen LogP contribution in [0.25, 0.3) is 0 Å². The highest BCUT2D eigenvalue weighted by molar-refractivity contribution is 6.00. The summed E-state index contributed by atoms with van der Waals surface area (Å²) in [5.41, 5.74) is -4.93. The number of rotatable bonds is 32. The van der Waals surface area contributed by atoms with Gasteiger partial charge in [0.1, 0.15) is 46.8 Å². The number of likely N-dealkylation sites (tertiary alicyclic amines) is 1. The predicted octanol–water partition coefficient (Wildman–Crippen LogP) is 2.28. The molecular formula is C57H103N11O12. The number of aliphatic hydroxyl groups excluding tert-OH is 1. The number of allylic oxidation sites excluding steroid dienone is 1. The first-order chi connectivity index (χ1) is 36.7. The number of nitrogens with one attached hydrogen (secondary N) is 8. The van der Waals surface area contributed by atoms with Crippen molar-refractivity contribution < 1.29 is 58.3 Å².